The minimum Gasteiger partial charge on any atom is -0.487 e. The van der Waals surface area contributed by atoms with Gasteiger partial charge < -0.3 is 25.8 Å². The quantitative estimate of drug-likeness (QED) is 0.466. The van der Waals surface area contributed by atoms with Gasteiger partial charge in [0.2, 0.25) is 5.91 Å². The zero-order valence-corrected chi connectivity index (χ0v) is 20.9. The van der Waals surface area contributed by atoms with Crippen LogP contribution in [0.5, 0.6) is 5.75 Å². The summed E-state index contributed by atoms with van der Waals surface area (Å²) in [6.07, 6.45) is 4.07. The summed E-state index contributed by atoms with van der Waals surface area (Å²) in [5.74, 6) is 0.794. The van der Waals surface area contributed by atoms with Crippen LogP contribution in [0.1, 0.15) is 70.5 Å². The topological polar surface area (TPSA) is 82.6 Å². The Kier molecular flexibility index (Phi) is 7.20. The van der Waals surface area contributed by atoms with Gasteiger partial charge in [0.1, 0.15) is 11.4 Å². The van der Waals surface area contributed by atoms with Crippen LogP contribution in [0.2, 0.25) is 0 Å². The molecule has 6 heteroatoms. The van der Waals surface area contributed by atoms with E-state index in [4.69, 9.17) is 4.74 Å². The molecule has 1 fully saturated rings. The Labute approximate surface area is 203 Å². The van der Waals surface area contributed by atoms with E-state index in [2.05, 4.69) is 54.9 Å². The third-order valence-electron chi connectivity index (χ3n) is 6.80. The van der Waals surface area contributed by atoms with Crippen molar-refractivity contribution in [2.45, 2.75) is 89.1 Å². The molecule has 2 aromatic rings. The van der Waals surface area contributed by atoms with E-state index >= 15 is 0 Å². The van der Waals surface area contributed by atoms with Crippen LogP contribution in [0.3, 0.4) is 0 Å². The van der Waals surface area contributed by atoms with Crippen LogP contribution in [-0.2, 0) is 11.2 Å². The number of amides is 1. The van der Waals surface area contributed by atoms with E-state index in [1.807, 2.05) is 30.3 Å². The smallest absolute Gasteiger partial charge is 0.217 e. The number of ether oxygens (including phenoxy) is 1. The Balaban J connectivity index is 1.50. The fourth-order valence-electron chi connectivity index (χ4n) is 5.06. The lowest BCUT2D eigenvalue weighted by molar-refractivity contribution is -0.120. The molecule has 0 unspecified atom stereocenters. The first-order chi connectivity index (χ1) is 16.1. The first-order valence-electron chi connectivity index (χ1n) is 12.5. The van der Waals surface area contributed by atoms with Crippen molar-refractivity contribution in [1.82, 2.24) is 10.6 Å². The van der Waals surface area contributed by atoms with Gasteiger partial charge in [-0.25, -0.2) is 0 Å². The summed E-state index contributed by atoms with van der Waals surface area (Å²) < 4.78 is 6.47. The highest BCUT2D eigenvalue weighted by Crippen LogP contribution is 2.49. The molecule has 1 spiro atoms. The molecular formula is C28H39N3O3. The maximum absolute atomic E-state index is 11.8. The van der Waals surface area contributed by atoms with Crippen molar-refractivity contribution in [3.8, 4) is 5.75 Å². The number of hydrogen-bond donors (Lipinski definition) is 4. The zero-order chi connectivity index (χ0) is 24.3. The lowest BCUT2D eigenvalue weighted by Gasteiger charge is -2.48. The minimum absolute atomic E-state index is 0.0406. The third kappa shape index (κ3) is 6.10. The number of nitrogens with one attached hydrogen (secondary N) is 3. The maximum Gasteiger partial charge on any atom is 0.217 e. The Hall–Kier alpha value is -2.57. The van der Waals surface area contributed by atoms with Crippen LogP contribution in [0, 0.1) is 0 Å². The second kappa shape index (κ2) is 9.96. The van der Waals surface area contributed by atoms with E-state index in [0.717, 1.165) is 41.8 Å². The molecule has 184 valence electrons. The Morgan fingerprint density at radius 2 is 1.91 bits per heavy atom. The molecule has 0 saturated heterocycles. The number of anilines is 1. The summed E-state index contributed by atoms with van der Waals surface area (Å²) in [7, 11) is 0. The van der Waals surface area contributed by atoms with Gasteiger partial charge in [0.15, 0.2) is 0 Å². The van der Waals surface area contributed by atoms with Crippen LogP contribution in [0.15, 0.2) is 48.5 Å². The molecule has 1 heterocycles. The minimum atomic E-state index is -0.719. The van der Waals surface area contributed by atoms with Gasteiger partial charge in [0.05, 0.1) is 12.1 Å². The largest absolute Gasteiger partial charge is 0.487 e. The highest BCUT2D eigenvalue weighted by atomic mass is 16.5. The highest BCUT2D eigenvalue weighted by Gasteiger charge is 2.45. The summed E-state index contributed by atoms with van der Waals surface area (Å²) >= 11 is 0. The lowest BCUT2D eigenvalue weighted by Crippen LogP contribution is -2.52. The van der Waals surface area contributed by atoms with Gasteiger partial charge in [-0.15, -0.1) is 0 Å². The van der Waals surface area contributed by atoms with Crippen molar-refractivity contribution < 1.29 is 14.6 Å². The molecule has 0 bridgehead atoms. The van der Waals surface area contributed by atoms with Crippen molar-refractivity contribution in [2.24, 2.45) is 0 Å². The highest BCUT2D eigenvalue weighted by molar-refractivity contribution is 5.73. The number of carbonyl (C=O) groups is 1. The van der Waals surface area contributed by atoms with E-state index in [-0.39, 0.29) is 29.1 Å². The third-order valence-corrected chi connectivity index (χ3v) is 6.80. The molecule has 1 aliphatic heterocycles. The van der Waals surface area contributed by atoms with Crippen molar-refractivity contribution in [3.63, 3.8) is 0 Å². The molecule has 2 aromatic carbocycles. The van der Waals surface area contributed by atoms with Crippen LogP contribution in [0.4, 0.5) is 5.69 Å². The second-order valence-electron chi connectivity index (χ2n) is 11.0. The van der Waals surface area contributed by atoms with Crippen LogP contribution >= 0.6 is 0 Å². The molecule has 1 saturated carbocycles. The molecule has 34 heavy (non-hydrogen) atoms. The number of benzene rings is 2. The Bertz CT molecular complexity index is 982. The van der Waals surface area contributed by atoms with Gasteiger partial charge in [-0.2, -0.15) is 0 Å². The number of aliphatic hydroxyl groups excluding tert-OH is 1. The predicted molar refractivity (Wildman–Crippen MR) is 136 cm³/mol. The monoisotopic (exact) mass is 465 g/mol. The first-order valence-corrected chi connectivity index (χ1v) is 12.5. The van der Waals surface area contributed by atoms with Crippen LogP contribution in [-0.4, -0.2) is 40.8 Å². The molecule has 2 aliphatic rings. The van der Waals surface area contributed by atoms with Gasteiger partial charge >= 0.3 is 0 Å². The number of fused-ring (bicyclic) bond motifs is 1. The standard InChI is InChI=1S/C28H39N3O3/c1-19(32)30-23(15-20-9-6-5-7-10-20)25(33)18-29-24-17-28(13-8-14-28)34-26-12-11-21(16-22(24)26)31-27(2,3)4/h5-7,9-12,16,23-25,29,31,33H,8,13-15,17-18H2,1-4H3,(H,30,32)/t23-,24-,25-/m0/s1. The lowest BCUT2D eigenvalue weighted by atomic mass is 9.73. The number of rotatable bonds is 8. The molecular weight excluding hydrogens is 426 g/mol. The average Bonchev–Trinajstić information content (AvgIpc) is 2.75. The maximum atomic E-state index is 11.8. The zero-order valence-electron chi connectivity index (χ0n) is 20.9. The second-order valence-corrected chi connectivity index (χ2v) is 11.0. The van der Waals surface area contributed by atoms with Gasteiger partial charge in [-0.05, 0) is 70.2 Å². The van der Waals surface area contributed by atoms with E-state index < -0.39 is 6.10 Å². The SMILES string of the molecule is CC(=O)N[C@@H](Cc1ccccc1)[C@@H](O)CN[C@H]1CC2(CCC2)Oc2ccc(NC(C)(C)C)cc21. The van der Waals surface area contributed by atoms with Crippen LogP contribution in [0.25, 0.3) is 0 Å². The number of hydrogen-bond acceptors (Lipinski definition) is 5. The van der Waals surface area contributed by atoms with Crippen molar-refractivity contribution in [2.75, 3.05) is 11.9 Å². The molecule has 0 radical (unpaired) electrons. The Morgan fingerprint density at radius 1 is 1.18 bits per heavy atom. The molecule has 4 rings (SSSR count). The molecule has 6 nitrogen and oxygen atoms in total. The summed E-state index contributed by atoms with van der Waals surface area (Å²) in [5.41, 5.74) is 3.13. The van der Waals surface area contributed by atoms with Gasteiger partial charge in [-0.3, -0.25) is 4.79 Å². The average molecular weight is 466 g/mol. The number of carbonyl (C=O) groups excluding carboxylic acids is 1. The van der Waals surface area contributed by atoms with Crippen molar-refractivity contribution in [1.29, 1.82) is 0 Å². The van der Waals surface area contributed by atoms with Crippen LogP contribution < -0.4 is 20.7 Å². The molecule has 1 amide bonds. The predicted octanol–water partition coefficient (Wildman–Crippen LogP) is 4.34. The summed E-state index contributed by atoms with van der Waals surface area (Å²) in [6.45, 7) is 8.32. The molecule has 1 aliphatic carbocycles. The summed E-state index contributed by atoms with van der Waals surface area (Å²) in [4.78, 5) is 11.8. The van der Waals surface area contributed by atoms with Gasteiger partial charge in [0.25, 0.3) is 0 Å². The molecule has 4 N–H and O–H groups in total. The van der Waals surface area contributed by atoms with E-state index in [9.17, 15) is 9.90 Å². The summed E-state index contributed by atoms with van der Waals surface area (Å²) in [5, 5.41) is 21.2. The van der Waals surface area contributed by atoms with Gasteiger partial charge in [0, 0.05) is 42.7 Å². The van der Waals surface area contributed by atoms with Gasteiger partial charge in [-0.1, -0.05) is 30.3 Å². The molecule has 3 atom stereocenters. The number of aliphatic hydroxyl groups is 1. The van der Waals surface area contributed by atoms with Crippen molar-refractivity contribution >= 4 is 11.6 Å². The fraction of sp³-hybridized carbons (Fsp3) is 0.536. The van der Waals surface area contributed by atoms with E-state index in [1.165, 1.54) is 13.3 Å². The van der Waals surface area contributed by atoms with E-state index in [1.54, 1.807) is 0 Å². The fourth-order valence-corrected chi connectivity index (χ4v) is 5.06. The van der Waals surface area contributed by atoms with Crippen molar-refractivity contribution in [3.05, 3.63) is 59.7 Å². The summed E-state index contributed by atoms with van der Waals surface area (Å²) in [6, 6.07) is 16.0. The first kappa shape index (κ1) is 24.6. The molecule has 0 aromatic heterocycles. The Morgan fingerprint density at radius 3 is 2.53 bits per heavy atom. The normalized spacial score (nSPS) is 20.4. The van der Waals surface area contributed by atoms with E-state index in [0.29, 0.717) is 13.0 Å².